The largest absolute Gasteiger partial charge is 0.0885 e. The van der Waals surface area contributed by atoms with Crippen molar-refractivity contribution >= 4 is 0 Å². The molecule has 8 rings (SSSR count). The Balaban J connectivity index is 0.856. The van der Waals surface area contributed by atoms with Gasteiger partial charge in [-0.2, -0.15) is 0 Å². The number of allylic oxidation sites excluding steroid dienone is 2. The van der Waals surface area contributed by atoms with Crippen LogP contribution in [0.1, 0.15) is 249 Å². The quantitative estimate of drug-likeness (QED) is 0.136. The van der Waals surface area contributed by atoms with E-state index >= 15 is 0 Å². The summed E-state index contributed by atoms with van der Waals surface area (Å²) in [5.74, 6) is 15.7. The van der Waals surface area contributed by atoms with Gasteiger partial charge in [0.1, 0.15) is 0 Å². The standard InChI is InChI=1S/C60H104/c1-41(2)19-15-21-43(5)51-33-35-53-49-31-29-47-27-17-25-45(59(47,9)55(49)37-39-57(51,53)7)23-13-11-12-14-24-46-26-18-28-48-30-32-50-54-36-34-52(44(6)22-16-20-42(3)4)58(54,8)40-38-56(50)60(46,48)10/h11-12,41-56H,13-40H2,1-10H3/b12-11+/t43-,44-,45?,46?,47?,48?,49+,50+,51-,52-,53+,54+,55+,56+,57-,58-,59+,60+/m1/s1. The molecule has 0 radical (unpaired) electrons. The number of fused-ring (bicyclic) bond motifs is 10. The molecular weight excluding hydrogens is 721 g/mol. The van der Waals surface area contributed by atoms with Crippen LogP contribution in [0.25, 0.3) is 0 Å². The minimum Gasteiger partial charge on any atom is -0.0885 e. The summed E-state index contributed by atoms with van der Waals surface area (Å²) in [4.78, 5) is 0. The van der Waals surface area contributed by atoms with Gasteiger partial charge in [-0.25, -0.2) is 0 Å². The van der Waals surface area contributed by atoms with Gasteiger partial charge >= 0.3 is 0 Å². The molecule has 8 fully saturated rings. The van der Waals surface area contributed by atoms with Gasteiger partial charge in [0.25, 0.3) is 0 Å². The molecule has 0 saturated heterocycles. The van der Waals surface area contributed by atoms with Crippen molar-refractivity contribution in [1.29, 1.82) is 0 Å². The molecule has 344 valence electrons. The van der Waals surface area contributed by atoms with Crippen molar-refractivity contribution in [2.75, 3.05) is 0 Å². The lowest BCUT2D eigenvalue weighted by Crippen LogP contribution is -2.56. The summed E-state index contributed by atoms with van der Waals surface area (Å²) < 4.78 is 0. The van der Waals surface area contributed by atoms with Gasteiger partial charge in [-0.15, -0.1) is 0 Å². The molecule has 0 bridgehead atoms. The third-order valence-electron chi connectivity index (χ3n) is 23.8. The molecular formula is C60H104. The molecule has 0 amide bonds. The third-order valence-corrected chi connectivity index (χ3v) is 23.8. The zero-order chi connectivity index (χ0) is 42.5. The average molecular weight is 825 g/mol. The molecule has 0 aromatic carbocycles. The average Bonchev–Trinajstić information content (AvgIpc) is 3.76. The van der Waals surface area contributed by atoms with Crippen LogP contribution in [0.15, 0.2) is 12.2 Å². The molecule has 0 aliphatic heterocycles. The van der Waals surface area contributed by atoms with E-state index in [0.29, 0.717) is 21.7 Å². The maximum atomic E-state index is 2.89. The molecule has 0 spiro atoms. The second-order valence-corrected chi connectivity index (χ2v) is 27.0. The van der Waals surface area contributed by atoms with E-state index in [2.05, 4.69) is 81.4 Å². The maximum Gasteiger partial charge on any atom is -0.0238 e. The second-order valence-electron chi connectivity index (χ2n) is 27.0. The Morgan fingerprint density at radius 2 is 0.850 bits per heavy atom. The predicted octanol–water partition coefficient (Wildman–Crippen LogP) is 18.6. The minimum absolute atomic E-state index is 0.613. The molecule has 4 unspecified atom stereocenters. The lowest BCUT2D eigenvalue weighted by Gasteiger charge is -2.63. The van der Waals surface area contributed by atoms with Gasteiger partial charge < -0.3 is 0 Å². The summed E-state index contributed by atoms with van der Waals surface area (Å²) in [6, 6.07) is 0. The van der Waals surface area contributed by atoms with E-state index in [9.17, 15) is 0 Å². The SMILES string of the molecule is CC(C)CCC[C@@H](C)[C@H]1CC[C@H]2[C@@H]3CCC4CCCC(CC/C=C/CCC5CCCC6CC[C@@H]7[C@H](CC[C@]8(C)[C@@H]([C@H](C)CCCC(C)C)CC[C@@H]78)[C@@]56C)[C@]4(C)[C@H]3CC[C@]12C. The van der Waals surface area contributed by atoms with Crippen molar-refractivity contribution in [1.82, 2.24) is 0 Å². The zero-order valence-corrected chi connectivity index (χ0v) is 42.2. The molecule has 0 N–H and O–H groups in total. The van der Waals surface area contributed by atoms with E-state index in [4.69, 9.17) is 0 Å². The molecule has 0 aromatic heterocycles. The van der Waals surface area contributed by atoms with E-state index in [1.54, 1.807) is 89.9 Å². The number of rotatable bonds is 16. The van der Waals surface area contributed by atoms with Crippen molar-refractivity contribution in [3.05, 3.63) is 12.2 Å². The Kier molecular flexibility index (Phi) is 14.6. The molecule has 0 heteroatoms. The van der Waals surface area contributed by atoms with Gasteiger partial charge in [-0.3, -0.25) is 0 Å². The van der Waals surface area contributed by atoms with Crippen LogP contribution in [-0.4, -0.2) is 0 Å². The van der Waals surface area contributed by atoms with Crippen LogP contribution < -0.4 is 0 Å². The van der Waals surface area contributed by atoms with Gasteiger partial charge in [-0.1, -0.05) is 133 Å². The van der Waals surface area contributed by atoms with E-state index in [-0.39, 0.29) is 0 Å². The molecule has 0 nitrogen and oxygen atoms in total. The Morgan fingerprint density at radius 1 is 0.433 bits per heavy atom. The fraction of sp³-hybridized carbons (Fsp3) is 0.967. The van der Waals surface area contributed by atoms with E-state index < -0.39 is 0 Å². The van der Waals surface area contributed by atoms with Crippen LogP contribution in [0.4, 0.5) is 0 Å². The summed E-state index contributed by atoms with van der Waals surface area (Å²) in [5.41, 5.74) is 2.49. The molecule has 60 heavy (non-hydrogen) atoms. The van der Waals surface area contributed by atoms with Crippen LogP contribution >= 0.6 is 0 Å². The van der Waals surface area contributed by atoms with E-state index in [1.807, 2.05) is 0 Å². The summed E-state index contributed by atoms with van der Waals surface area (Å²) in [6.45, 7) is 26.4. The number of hydrogen-bond acceptors (Lipinski definition) is 0. The Labute approximate surface area is 376 Å². The molecule has 8 aliphatic rings. The van der Waals surface area contributed by atoms with Gasteiger partial charge in [0.05, 0.1) is 0 Å². The highest BCUT2D eigenvalue weighted by molar-refractivity contribution is 5.13. The van der Waals surface area contributed by atoms with Crippen molar-refractivity contribution in [2.24, 2.45) is 116 Å². The highest BCUT2D eigenvalue weighted by Crippen LogP contribution is 2.71. The summed E-state index contributed by atoms with van der Waals surface area (Å²) >= 11 is 0. The molecule has 0 heterocycles. The summed E-state index contributed by atoms with van der Waals surface area (Å²) in [5, 5.41) is 0. The lowest BCUT2D eigenvalue weighted by molar-refractivity contribution is -0.141. The van der Waals surface area contributed by atoms with Gasteiger partial charge in [0.2, 0.25) is 0 Å². The normalized spacial score (nSPS) is 47.3. The Morgan fingerprint density at radius 3 is 1.25 bits per heavy atom. The third kappa shape index (κ3) is 8.40. The summed E-state index contributed by atoms with van der Waals surface area (Å²) in [7, 11) is 0. The molecule has 8 aliphatic carbocycles. The van der Waals surface area contributed by atoms with Crippen LogP contribution in [0.3, 0.4) is 0 Å². The van der Waals surface area contributed by atoms with Crippen molar-refractivity contribution < 1.29 is 0 Å². The Bertz CT molecular complexity index is 1300. The first-order chi connectivity index (χ1) is 28.7. The Hall–Kier alpha value is -0.260. The first kappa shape index (κ1) is 46.3. The van der Waals surface area contributed by atoms with Crippen LogP contribution in [0.5, 0.6) is 0 Å². The van der Waals surface area contributed by atoms with Gasteiger partial charge in [0, 0.05) is 0 Å². The lowest BCUT2D eigenvalue weighted by atomic mass is 9.42. The number of hydrogen-bond donors (Lipinski definition) is 0. The second kappa shape index (κ2) is 18.9. The van der Waals surface area contributed by atoms with Gasteiger partial charge in [-0.05, 0) is 245 Å². The summed E-state index contributed by atoms with van der Waals surface area (Å²) in [6.07, 6.45) is 47.7. The highest BCUT2D eigenvalue weighted by atomic mass is 14.7. The van der Waals surface area contributed by atoms with Crippen LogP contribution in [0, 0.1) is 116 Å². The molecule has 0 aromatic rings. The topological polar surface area (TPSA) is 0 Å². The molecule has 8 saturated carbocycles. The fourth-order valence-electron chi connectivity index (χ4n) is 20.8. The van der Waals surface area contributed by atoms with Crippen molar-refractivity contribution in [2.45, 2.75) is 249 Å². The van der Waals surface area contributed by atoms with Crippen molar-refractivity contribution in [3.63, 3.8) is 0 Å². The minimum atomic E-state index is 0.613. The zero-order valence-electron chi connectivity index (χ0n) is 42.2. The smallest absolute Gasteiger partial charge is 0.0238 e. The first-order valence-electron chi connectivity index (χ1n) is 28.4. The molecule has 18 atom stereocenters. The van der Waals surface area contributed by atoms with Gasteiger partial charge in [0.15, 0.2) is 0 Å². The van der Waals surface area contributed by atoms with E-state index in [1.165, 1.54) is 89.9 Å². The van der Waals surface area contributed by atoms with Crippen molar-refractivity contribution in [3.8, 4) is 0 Å². The van der Waals surface area contributed by atoms with Crippen LogP contribution in [0.2, 0.25) is 0 Å². The first-order valence-corrected chi connectivity index (χ1v) is 28.4. The highest BCUT2D eigenvalue weighted by Gasteiger charge is 2.63. The maximum absolute atomic E-state index is 2.89. The van der Waals surface area contributed by atoms with Crippen LogP contribution in [-0.2, 0) is 0 Å². The fourth-order valence-corrected chi connectivity index (χ4v) is 20.8. The predicted molar refractivity (Wildman–Crippen MR) is 261 cm³/mol. The van der Waals surface area contributed by atoms with E-state index in [0.717, 1.165) is 94.7 Å². The monoisotopic (exact) mass is 825 g/mol.